The lowest BCUT2D eigenvalue weighted by Gasteiger charge is -2.47. The monoisotopic (exact) mass is 248 g/mol. The smallest absolute Gasteiger partial charge is 0.0660 e. The topological polar surface area (TPSA) is 24.5 Å². The molecule has 0 aromatic heterocycles. The Morgan fingerprint density at radius 2 is 2.06 bits per heavy atom. The molecule has 1 atom stereocenters. The van der Waals surface area contributed by atoms with Crippen molar-refractivity contribution in [1.29, 1.82) is 0 Å². The number of hydrogen-bond acceptors (Lipinski definition) is 3. The van der Waals surface area contributed by atoms with Crippen LogP contribution in [0, 0.1) is 0 Å². The number of rotatable bonds is 4. The molecule has 1 unspecified atom stereocenters. The molecule has 18 heavy (non-hydrogen) atoms. The maximum Gasteiger partial charge on any atom is 0.0660 e. The zero-order valence-electron chi connectivity index (χ0n) is 11.6. The molecule has 1 fully saturated rings. The van der Waals surface area contributed by atoms with Gasteiger partial charge in [0.25, 0.3) is 0 Å². The SMILES string of the molecule is COCC(c1ccccc1)N1CCNCC1(C)C. The van der Waals surface area contributed by atoms with Crippen molar-refractivity contribution in [2.75, 3.05) is 33.4 Å². The van der Waals surface area contributed by atoms with Crippen molar-refractivity contribution >= 4 is 0 Å². The molecule has 1 N–H and O–H groups in total. The van der Waals surface area contributed by atoms with Gasteiger partial charge in [0.2, 0.25) is 0 Å². The molecule has 1 saturated heterocycles. The Bertz CT molecular complexity index is 364. The van der Waals surface area contributed by atoms with Crippen molar-refractivity contribution in [3.63, 3.8) is 0 Å². The first-order valence-corrected chi connectivity index (χ1v) is 6.66. The Kier molecular flexibility index (Phi) is 4.38. The highest BCUT2D eigenvalue weighted by molar-refractivity contribution is 5.20. The van der Waals surface area contributed by atoms with Crippen LogP contribution in [-0.4, -0.2) is 43.8 Å². The first kappa shape index (κ1) is 13.5. The second-order valence-corrected chi connectivity index (χ2v) is 5.56. The summed E-state index contributed by atoms with van der Waals surface area (Å²) < 4.78 is 5.44. The molecule has 1 aromatic carbocycles. The molecule has 0 aliphatic carbocycles. The molecule has 0 amide bonds. The van der Waals surface area contributed by atoms with Crippen molar-refractivity contribution in [3.8, 4) is 0 Å². The third-order valence-electron chi connectivity index (χ3n) is 3.75. The van der Waals surface area contributed by atoms with Crippen LogP contribution in [0.3, 0.4) is 0 Å². The molecule has 0 radical (unpaired) electrons. The molecule has 1 aliphatic rings. The van der Waals surface area contributed by atoms with E-state index in [4.69, 9.17) is 4.74 Å². The second kappa shape index (κ2) is 5.83. The van der Waals surface area contributed by atoms with Gasteiger partial charge >= 0.3 is 0 Å². The van der Waals surface area contributed by atoms with Crippen molar-refractivity contribution in [1.82, 2.24) is 10.2 Å². The summed E-state index contributed by atoms with van der Waals surface area (Å²) in [7, 11) is 1.78. The van der Waals surface area contributed by atoms with Crippen molar-refractivity contribution < 1.29 is 4.74 Å². The summed E-state index contributed by atoms with van der Waals surface area (Å²) >= 11 is 0. The number of piperazine rings is 1. The van der Waals surface area contributed by atoms with Crippen LogP contribution in [0.5, 0.6) is 0 Å². The molecule has 1 aliphatic heterocycles. The number of methoxy groups -OCH3 is 1. The Hall–Kier alpha value is -0.900. The molecule has 3 nitrogen and oxygen atoms in total. The summed E-state index contributed by atoms with van der Waals surface area (Å²) in [6, 6.07) is 11.0. The quantitative estimate of drug-likeness (QED) is 0.882. The number of hydrogen-bond donors (Lipinski definition) is 1. The molecule has 100 valence electrons. The number of ether oxygens (including phenoxy) is 1. The standard InChI is InChI=1S/C15H24N2O/c1-15(2)12-16-9-10-17(15)14(11-18-3)13-7-5-4-6-8-13/h4-8,14,16H,9-12H2,1-3H3. The van der Waals surface area contributed by atoms with Gasteiger partial charge in [-0.25, -0.2) is 0 Å². The molecular formula is C15H24N2O. The van der Waals surface area contributed by atoms with Crippen LogP contribution in [0.25, 0.3) is 0 Å². The summed E-state index contributed by atoms with van der Waals surface area (Å²) in [5, 5.41) is 3.47. The predicted molar refractivity (Wildman–Crippen MR) is 74.7 cm³/mol. The van der Waals surface area contributed by atoms with Crippen molar-refractivity contribution in [2.45, 2.75) is 25.4 Å². The lowest BCUT2D eigenvalue weighted by atomic mass is 9.94. The molecule has 1 heterocycles. The minimum absolute atomic E-state index is 0.164. The molecule has 1 aromatic rings. The van der Waals surface area contributed by atoms with E-state index in [1.165, 1.54) is 5.56 Å². The number of benzene rings is 1. The zero-order valence-corrected chi connectivity index (χ0v) is 11.6. The van der Waals surface area contributed by atoms with Crippen molar-refractivity contribution in [2.24, 2.45) is 0 Å². The molecular weight excluding hydrogens is 224 g/mol. The maximum absolute atomic E-state index is 5.44. The first-order valence-electron chi connectivity index (χ1n) is 6.66. The van der Waals surface area contributed by atoms with E-state index in [0.717, 1.165) is 26.2 Å². The minimum Gasteiger partial charge on any atom is -0.383 e. The highest BCUT2D eigenvalue weighted by Gasteiger charge is 2.35. The zero-order chi connectivity index (χ0) is 13.0. The number of nitrogens with one attached hydrogen (secondary N) is 1. The van der Waals surface area contributed by atoms with Gasteiger partial charge in [-0.05, 0) is 19.4 Å². The minimum atomic E-state index is 0.164. The van der Waals surface area contributed by atoms with E-state index in [1.54, 1.807) is 7.11 Å². The van der Waals surface area contributed by atoms with E-state index >= 15 is 0 Å². The van der Waals surface area contributed by atoms with Gasteiger partial charge in [0.05, 0.1) is 12.6 Å². The Labute approximate surface area is 110 Å². The third-order valence-corrected chi connectivity index (χ3v) is 3.75. The van der Waals surface area contributed by atoms with Gasteiger partial charge in [0.15, 0.2) is 0 Å². The molecule has 0 saturated carbocycles. The summed E-state index contributed by atoms with van der Waals surface area (Å²) in [5.41, 5.74) is 1.51. The molecule has 3 heteroatoms. The fourth-order valence-electron chi connectivity index (χ4n) is 2.77. The largest absolute Gasteiger partial charge is 0.383 e. The third kappa shape index (κ3) is 2.91. The summed E-state index contributed by atoms with van der Waals surface area (Å²) in [6.07, 6.45) is 0. The molecule has 0 spiro atoms. The van der Waals surface area contributed by atoms with E-state index in [0.29, 0.717) is 6.04 Å². The van der Waals surface area contributed by atoms with E-state index in [1.807, 2.05) is 0 Å². The van der Waals surface area contributed by atoms with Crippen LogP contribution in [0.4, 0.5) is 0 Å². The van der Waals surface area contributed by atoms with Gasteiger partial charge in [0, 0.05) is 32.3 Å². The average Bonchev–Trinajstić information content (AvgIpc) is 2.37. The van der Waals surface area contributed by atoms with Crippen LogP contribution in [0.15, 0.2) is 30.3 Å². The van der Waals surface area contributed by atoms with Gasteiger partial charge in [0.1, 0.15) is 0 Å². The van der Waals surface area contributed by atoms with Gasteiger partial charge < -0.3 is 10.1 Å². The normalized spacial score (nSPS) is 21.7. The lowest BCUT2D eigenvalue weighted by Crippen LogP contribution is -2.59. The Morgan fingerprint density at radius 1 is 1.33 bits per heavy atom. The average molecular weight is 248 g/mol. The van der Waals surface area contributed by atoms with E-state index < -0.39 is 0 Å². The van der Waals surface area contributed by atoms with Crippen LogP contribution < -0.4 is 5.32 Å². The van der Waals surface area contributed by atoms with E-state index in [9.17, 15) is 0 Å². The Balaban J connectivity index is 2.24. The van der Waals surface area contributed by atoms with E-state index in [-0.39, 0.29) is 5.54 Å². The Morgan fingerprint density at radius 3 is 2.67 bits per heavy atom. The van der Waals surface area contributed by atoms with E-state index in [2.05, 4.69) is 54.4 Å². The summed E-state index contributed by atoms with van der Waals surface area (Å²) in [4.78, 5) is 2.56. The predicted octanol–water partition coefficient (Wildman–Crippen LogP) is 2.06. The van der Waals surface area contributed by atoms with Crippen molar-refractivity contribution in [3.05, 3.63) is 35.9 Å². The highest BCUT2D eigenvalue weighted by atomic mass is 16.5. The first-order chi connectivity index (χ1) is 8.65. The van der Waals surface area contributed by atoms with Crippen LogP contribution in [0.1, 0.15) is 25.5 Å². The molecule has 0 bridgehead atoms. The summed E-state index contributed by atoms with van der Waals surface area (Å²) in [6.45, 7) is 8.48. The fraction of sp³-hybridized carbons (Fsp3) is 0.600. The second-order valence-electron chi connectivity index (χ2n) is 5.56. The van der Waals surface area contributed by atoms with Crippen LogP contribution in [0.2, 0.25) is 0 Å². The maximum atomic E-state index is 5.44. The number of nitrogens with zero attached hydrogens (tertiary/aromatic N) is 1. The van der Waals surface area contributed by atoms with Gasteiger partial charge in [-0.15, -0.1) is 0 Å². The fourth-order valence-corrected chi connectivity index (χ4v) is 2.77. The van der Waals surface area contributed by atoms with Gasteiger partial charge in [-0.1, -0.05) is 30.3 Å². The summed E-state index contributed by atoms with van der Waals surface area (Å²) in [5.74, 6) is 0. The van der Waals surface area contributed by atoms with Gasteiger partial charge in [-0.2, -0.15) is 0 Å². The highest BCUT2D eigenvalue weighted by Crippen LogP contribution is 2.29. The van der Waals surface area contributed by atoms with Gasteiger partial charge in [-0.3, -0.25) is 4.90 Å². The van der Waals surface area contributed by atoms with Crippen LogP contribution in [-0.2, 0) is 4.74 Å². The lowest BCUT2D eigenvalue weighted by molar-refractivity contribution is 0.00575. The molecule has 2 rings (SSSR count). The van der Waals surface area contributed by atoms with Crippen LogP contribution >= 0.6 is 0 Å².